The molecule has 15 heavy (non-hydrogen) atoms. The van der Waals surface area contributed by atoms with E-state index in [-0.39, 0.29) is 12.1 Å². The lowest BCUT2D eigenvalue weighted by molar-refractivity contribution is 0.204. The van der Waals surface area contributed by atoms with Crippen LogP contribution in [0.5, 0.6) is 0 Å². The van der Waals surface area contributed by atoms with Crippen LogP contribution in [-0.2, 0) is 0 Å². The summed E-state index contributed by atoms with van der Waals surface area (Å²) < 4.78 is 0. The fourth-order valence-corrected chi connectivity index (χ4v) is 2.57. The second-order valence-electron chi connectivity index (χ2n) is 3.76. The van der Waals surface area contributed by atoms with E-state index in [0.717, 1.165) is 17.7 Å². The molecule has 2 heterocycles. The Kier molecular flexibility index (Phi) is 1.79. The molecule has 0 aromatic carbocycles. The van der Waals surface area contributed by atoms with E-state index in [1.165, 1.54) is 11.3 Å². The normalized spacial score (nSPS) is 25.9. The molecule has 5 nitrogen and oxygen atoms in total. The third kappa shape index (κ3) is 1.32. The lowest BCUT2D eigenvalue weighted by Gasteiger charge is -2.22. The summed E-state index contributed by atoms with van der Waals surface area (Å²) in [6, 6.07) is -0.0414. The number of amides is 2. The van der Waals surface area contributed by atoms with Gasteiger partial charge in [0.15, 0.2) is 0 Å². The Labute approximate surface area is 90.6 Å². The number of thiazole rings is 1. The van der Waals surface area contributed by atoms with Gasteiger partial charge in [0, 0.05) is 12.2 Å². The Hall–Kier alpha value is -1.43. The summed E-state index contributed by atoms with van der Waals surface area (Å²) in [7, 11) is 0. The zero-order valence-corrected chi connectivity index (χ0v) is 8.78. The topological polar surface area (TPSA) is 71.6 Å². The Bertz CT molecular complexity index is 423. The minimum absolute atomic E-state index is 0.169. The zero-order valence-electron chi connectivity index (χ0n) is 7.96. The van der Waals surface area contributed by atoms with Gasteiger partial charge in [-0.1, -0.05) is 0 Å². The molecular weight excluding hydrogens is 212 g/mol. The number of aliphatic imine (C=N–C) groups is 1. The molecule has 6 heteroatoms. The van der Waals surface area contributed by atoms with Gasteiger partial charge < -0.3 is 10.6 Å². The van der Waals surface area contributed by atoms with Gasteiger partial charge >= 0.3 is 6.03 Å². The summed E-state index contributed by atoms with van der Waals surface area (Å²) >= 11 is 1.51. The highest BCUT2D eigenvalue weighted by molar-refractivity contribution is 7.09. The van der Waals surface area contributed by atoms with E-state index < -0.39 is 0 Å². The van der Waals surface area contributed by atoms with Gasteiger partial charge in [-0.15, -0.1) is 11.3 Å². The number of urea groups is 1. The Morgan fingerprint density at radius 2 is 2.33 bits per heavy atom. The number of amidine groups is 1. The van der Waals surface area contributed by atoms with Crippen LogP contribution in [0.4, 0.5) is 4.79 Å². The van der Waals surface area contributed by atoms with Gasteiger partial charge in [-0.25, -0.2) is 4.79 Å². The summed E-state index contributed by atoms with van der Waals surface area (Å²) in [6.45, 7) is 0. The molecule has 1 aliphatic carbocycles. The molecule has 0 spiro atoms. The molecule has 3 rings (SSSR count). The fourth-order valence-electron chi connectivity index (χ4n) is 1.85. The molecule has 2 N–H and O–H groups in total. The van der Waals surface area contributed by atoms with Crippen LogP contribution in [0.3, 0.4) is 0 Å². The Morgan fingerprint density at radius 1 is 1.53 bits per heavy atom. The molecule has 1 aliphatic heterocycles. The largest absolute Gasteiger partial charge is 0.385 e. The second-order valence-corrected chi connectivity index (χ2v) is 4.68. The maximum Gasteiger partial charge on any atom is 0.346 e. The molecule has 1 aromatic rings. The van der Waals surface area contributed by atoms with Crippen molar-refractivity contribution in [3.63, 3.8) is 0 Å². The quantitative estimate of drug-likeness (QED) is 0.815. The van der Waals surface area contributed by atoms with Gasteiger partial charge in [0.25, 0.3) is 0 Å². The lowest BCUT2D eigenvalue weighted by atomic mass is 10.2. The van der Waals surface area contributed by atoms with E-state index in [2.05, 4.69) is 9.98 Å². The molecular formula is C9H10N4OS. The van der Waals surface area contributed by atoms with Crippen molar-refractivity contribution in [2.75, 3.05) is 0 Å². The summed E-state index contributed by atoms with van der Waals surface area (Å²) in [5, 5.41) is 0. The van der Waals surface area contributed by atoms with Gasteiger partial charge in [-0.05, 0) is 12.8 Å². The highest BCUT2D eigenvalue weighted by Crippen LogP contribution is 2.38. The molecule has 0 bridgehead atoms. The van der Waals surface area contributed by atoms with Crippen LogP contribution in [-0.4, -0.2) is 27.8 Å². The van der Waals surface area contributed by atoms with Crippen LogP contribution >= 0.6 is 11.3 Å². The Morgan fingerprint density at radius 3 is 2.93 bits per heavy atom. The minimum Gasteiger partial charge on any atom is -0.385 e. The van der Waals surface area contributed by atoms with Crippen LogP contribution in [0.2, 0.25) is 0 Å². The second kappa shape index (κ2) is 3.03. The lowest BCUT2D eigenvalue weighted by Crippen LogP contribution is -2.34. The molecule has 1 atom stereocenters. The van der Waals surface area contributed by atoms with E-state index in [1.807, 2.05) is 0 Å². The standard InChI is InChI=1S/C9H10N4OS/c10-8-7(6-3-11-4-15-6)13(5-1-2-5)9(14)12-8/h3-5,7H,1-2H2,(H2,10,12,14). The number of hydrogen-bond donors (Lipinski definition) is 1. The first kappa shape index (κ1) is 8.84. The molecule has 78 valence electrons. The van der Waals surface area contributed by atoms with E-state index in [1.54, 1.807) is 16.6 Å². The molecule has 1 unspecified atom stereocenters. The molecule has 1 aromatic heterocycles. The van der Waals surface area contributed by atoms with Crippen LogP contribution in [0.15, 0.2) is 16.7 Å². The third-order valence-electron chi connectivity index (χ3n) is 2.67. The number of aromatic nitrogens is 1. The summed E-state index contributed by atoms with van der Waals surface area (Å²) in [5.41, 5.74) is 7.53. The number of nitrogens with two attached hydrogens (primary N) is 1. The Balaban J connectivity index is 1.97. The van der Waals surface area contributed by atoms with Crippen molar-refractivity contribution < 1.29 is 4.79 Å². The SMILES string of the molecule is NC1=NC(=O)N(C2CC2)C1c1cncs1. The van der Waals surface area contributed by atoms with Crippen molar-refractivity contribution in [2.24, 2.45) is 10.7 Å². The van der Waals surface area contributed by atoms with Gasteiger partial charge in [-0.2, -0.15) is 4.99 Å². The first-order chi connectivity index (χ1) is 7.27. The van der Waals surface area contributed by atoms with Crippen LogP contribution < -0.4 is 5.73 Å². The molecule has 1 saturated carbocycles. The predicted molar refractivity (Wildman–Crippen MR) is 56.7 cm³/mol. The first-order valence-corrected chi connectivity index (χ1v) is 5.70. The van der Waals surface area contributed by atoms with E-state index in [9.17, 15) is 4.79 Å². The minimum atomic E-state index is -0.201. The van der Waals surface area contributed by atoms with Crippen LogP contribution in [0, 0.1) is 0 Å². The highest BCUT2D eigenvalue weighted by Gasteiger charge is 2.44. The summed E-state index contributed by atoms with van der Waals surface area (Å²) in [6.07, 6.45) is 3.87. The van der Waals surface area contributed by atoms with Crippen molar-refractivity contribution in [2.45, 2.75) is 24.9 Å². The monoisotopic (exact) mass is 222 g/mol. The fraction of sp³-hybridized carbons (Fsp3) is 0.444. The van der Waals surface area contributed by atoms with Crippen molar-refractivity contribution in [3.05, 3.63) is 16.6 Å². The maximum atomic E-state index is 11.6. The van der Waals surface area contributed by atoms with E-state index in [0.29, 0.717) is 11.9 Å². The van der Waals surface area contributed by atoms with E-state index in [4.69, 9.17) is 5.73 Å². The average Bonchev–Trinajstić information content (AvgIpc) is 2.79. The van der Waals surface area contributed by atoms with Gasteiger partial charge in [0.05, 0.1) is 10.4 Å². The van der Waals surface area contributed by atoms with Crippen molar-refractivity contribution in [3.8, 4) is 0 Å². The molecule has 2 aliphatic rings. The first-order valence-electron chi connectivity index (χ1n) is 4.82. The number of nitrogens with zero attached hydrogens (tertiary/aromatic N) is 3. The third-order valence-corrected chi connectivity index (χ3v) is 3.49. The molecule has 0 saturated heterocycles. The smallest absolute Gasteiger partial charge is 0.346 e. The van der Waals surface area contributed by atoms with Crippen molar-refractivity contribution in [1.82, 2.24) is 9.88 Å². The summed E-state index contributed by atoms with van der Waals surface area (Å²) in [5.74, 6) is 0.399. The maximum absolute atomic E-state index is 11.6. The molecule has 1 fully saturated rings. The highest BCUT2D eigenvalue weighted by atomic mass is 32.1. The van der Waals surface area contributed by atoms with E-state index >= 15 is 0 Å². The van der Waals surface area contributed by atoms with Crippen LogP contribution in [0.1, 0.15) is 23.8 Å². The van der Waals surface area contributed by atoms with Gasteiger partial charge in [0.2, 0.25) is 0 Å². The van der Waals surface area contributed by atoms with Crippen molar-refractivity contribution >= 4 is 23.2 Å². The van der Waals surface area contributed by atoms with Crippen LogP contribution in [0.25, 0.3) is 0 Å². The van der Waals surface area contributed by atoms with Gasteiger partial charge in [0.1, 0.15) is 11.9 Å². The number of rotatable bonds is 2. The molecule has 0 radical (unpaired) electrons. The number of hydrogen-bond acceptors (Lipinski definition) is 4. The number of carbonyl (C=O) groups is 1. The zero-order chi connectivity index (χ0) is 10.4. The summed E-state index contributed by atoms with van der Waals surface area (Å²) in [4.78, 5) is 22.2. The predicted octanol–water partition coefficient (Wildman–Crippen LogP) is 1.14. The van der Waals surface area contributed by atoms with Gasteiger partial charge in [-0.3, -0.25) is 4.98 Å². The molecule has 2 amide bonds. The number of carbonyl (C=O) groups excluding carboxylic acids is 1. The van der Waals surface area contributed by atoms with Crippen molar-refractivity contribution in [1.29, 1.82) is 0 Å². The average molecular weight is 222 g/mol.